The summed E-state index contributed by atoms with van der Waals surface area (Å²) < 4.78 is 10.7. The van der Waals surface area contributed by atoms with E-state index in [0.717, 1.165) is 44.0 Å². The van der Waals surface area contributed by atoms with Gasteiger partial charge in [0.1, 0.15) is 0 Å². The Bertz CT molecular complexity index is 381. The number of unbranched alkanes of at least 4 members (excludes halogenated alkanes) is 1. The predicted octanol–water partition coefficient (Wildman–Crippen LogP) is 2.01. The van der Waals surface area contributed by atoms with Crippen molar-refractivity contribution in [3.05, 3.63) is 23.8 Å². The fraction of sp³-hybridized carbons (Fsp3) is 0.571. The second-order valence-corrected chi connectivity index (χ2v) is 4.49. The Morgan fingerprint density at radius 1 is 1.22 bits per heavy atom. The van der Waals surface area contributed by atoms with E-state index in [-0.39, 0.29) is 6.61 Å². The van der Waals surface area contributed by atoms with Gasteiger partial charge in [0.25, 0.3) is 0 Å². The van der Waals surface area contributed by atoms with Gasteiger partial charge in [-0.1, -0.05) is 13.0 Å². The van der Waals surface area contributed by atoms with Crippen molar-refractivity contribution in [2.24, 2.45) is 0 Å². The molecule has 18 heavy (non-hydrogen) atoms. The van der Waals surface area contributed by atoms with Crippen molar-refractivity contribution in [1.29, 1.82) is 0 Å². The van der Waals surface area contributed by atoms with Crippen LogP contribution in [0.25, 0.3) is 0 Å². The highest BCUT2D eigenvalue weighted by Gasteiger charge is 2.14. The Balaban J connectivity index is 1.90. The number of rotatable bonds is 7. The van der Waals surface area contributed by atoms with Gasteiger partial charge in [0.15, 0.2) is 11.5 Å². The van der Waals surface area contributed by atoms with Crippen LogP contribution in [-0.4, -0.2) is 36.5 Å². The summed E-state index contributed by atoms with van der Waals surface area (Å²) in [4.78, 5) is 2.37. The van der Waals surface area contributed by atoms with Crippen molar-refractivity contribution in [2.75, 3.05) is 26.5 Å². The zero-order valence-corrected chi connectivity index (χ0v) is 10.9. The first kappa shape index (κ1) is 13.2. The van der Waals surface area contributed by atoms with Gasteiger partial charge in [0.05, 0.1) is 0 Å². The topological polar surface area (TPSA) is 41.9 Å². The van der Waals surface area contributed by atoms with Crippen LogP contribution in [0.3, 0.4) is 0 Å². The molecule has 0 unspecified atom stereocenters. The van der Waals surface area contributed by atoms with E-state index in [4.69, 9.17) is 14.6 Å². The molecule has 0 amide bonds. The maximum absolute atomic E-state index is 8.80. The Morgan fingerprint density at radius 2 is 2.06 bits per heavy atom. The minimum atomic E-state index is 0.279. The average Bonchev–Trinajstić information content (AvgIpc) is 2.85. The number of aliphatic hydroxyl groups is 1. The summed E-state index contributed by atoms with van der Waals surface area (Å²) in [6.07, 6.45) is 1.91. The lowest BCUT2D eigenvalue weighted by Gasteiger charge is -2.20. The number of aliphatic hydroxyl groups excluding tert-OH is 1. The van der Waals surface area contributed by atoms with E-state index in [9.17, 15) is 0 Å². The summed E-state index contributed by atoms with van der Waals surface area (Å²) in [5.41, 5.74) is 1.24. The lowest BCUT2D eigenvalue weighted by atomic mass is 10.2. The van der Waals surface area contributed by atoms with Gasteiger partial charge in [-0.05, 0) is 43.6 Å². The minimum absolute atomic E-state index is 0.279. The van der Waals surface area contributed by atoms with Crippen LogP contribution in [-0.2, 0) is 6.54 Å². The van der Waals surface area contributed by atoms with Crippen LogP contribution in [0, 0.1) is 0 Å². The molecule has 4 nitrogen and oxygen atoms in total. The summed E-state index contributed by atoms with van der Waals surface area (Å²) in [7, 11) is 0. The summed E-state index contributed by atoms with van der Waals surface area (Å²) in [6.45, 7) is 5.71. The van der Waals surface area contributed by atoms with Crippen LogP contribution in [0.2, 0.25) is 0 Å². The molecule has 0 aliphatic carbocycles. The quantitative estimate of drug-likeness (QED) is 0.753. The zero-order valence-electron chi connectivity index (χ0n) is 10.9. The monoisotopic (exact) mass is 251 g/mol. The van der Waals surface area contributed by atoms with E-state index in [2.05, 4.69) is 24.0 Å². The zero-order chi connectivity index (χ0) is 12.8. The first-order chi connectivity index (χ1) is 8.83. The van der Waals surface area contributed by atoms with E-state index < -0.39 is 0 Å². The van der Waals surface area contributed by atoms with Crippen molar-refractivity contribution < 1.29 is 14.6 Å². The smallest absolute Gasteiger partial charge is 0.231 e. The third kappa shape index (κ3) is 3.37. The van der Waals surface area contributed by atoms with E-state index in [1.165, 1.54) is 5.56 Å². The maximum atomic E-state index is 8.80. The summed E-state index contributed by atoms with van der Waals surface area (Å²) in [5, 5.41) is 8.80. The molecule has 0 saturated heterocycles. The highest BCUT2D eigenvalue weighted by molar-refractivity contribution is 5.44. The van der Waals surface area contributed by atoms with Crippen molar-refractivity contribution in [1.82, 2.24) is 4.90 Å². The predicted molar refractivity (Wildman–Crippen MR) is 69.8 cm³/mol. The highest BCUT2D eigenvalue weighted by atomic mass is 16.7. The van der Waals surface area contributed by atoms with Gasteiger partial charge >= 0.3 is 0 Å². The van der Waals surface area contributed by atoms with Gasteiger partial charge in [0, 0.05) is 13.2 Å². The summed E-state index contributed by atoms with van der Waals surface area (Å²) in [6, 6.07) is 6.11. The van der Waals surface area contributed by atoms with Gasteiger partial charge < -0.3 is 14.6 Å². The van der Waals surface area contributed by atoms with Crippen molar-refractivity contribution in [3.63, 3.8) is 0 Å². The van der Waals surface area contributed by atoms with E-state index in [1.807, 2.05) is 6.07 Å². The molecule has 0 atom stereocenters. The van der Waals surface area contributed by atoms with Crippen LogP contribution in [0.15, 0.2) is 18.2 Å². The van der Waals surface area contributed by atoms with Crippen LogP contribution in [0.1, 0.15) is 25.3 Å². The fourth-order valence-electron chi connectivity index (χ4n) is 2.09. The van der Waals surface area contributed by atoms with Crippen LogP contribution in [0.5, 0.6) is 11.5 Å². The molecule has 0 aromatic heterocycles. The molecule has 0 spiro atoms. The maximum Gasteiger partial charge on any atom is 0.231 e. The molecule has 1 aromatic rings. The van der Waals surface area contributed by atoms with Crippen molar-refractivity contribution in [2.45, 2.75) is 26.3 Å². The largest absolute Gasteiger partial charge is 0.454 e. The molecular weight excluding hydrogens is 230 g/mol. The Hall–Kier alpha value is -1.26. The van der Waals surface area contributed by atoms with E-state index in [0.29, 0.717) is 6.79 Å². The lowest BCUT2D eigenvalue weighted by Crippen LogP contribution is -2.24. The van der Waals surface area contributed by atoms with E-state index in [1.54, 1.807) is 0 Å². The second-order valence-electron chi connectivity index (χ2n) is 4.49. The SMILES string of the molecule is CCN(CCCCO)Cc1ccc2c(c1)OCO2. The minimum Gasteiger partial charge on any atom is -0.454 e. The Morgan fingerprint density at radius 3 is 2.83 bits per heavy atom. The molecule has 1 heterocycles. The third-order valence-corrected chi connectivity index (χ3v) is 3.17. The third-order valence-electron chi connectivity index (χ3n) is 3.17. The molecule has 100 valence electrons. The highest BCUT2D eigenvalue weighted by Crippen LogP contribution is 2.32. The number of hydrogen-bond donors (Lipinski definition) is 1. The van der Waals surface area contributed by atoms with E-state index >= 15 is 0 Å². The van der Waals surface area contributed by atoms with Gasteiger partial charge in [-0.3, -0.25) is 4.90 Å². The normalized spacial score (nSPS) is 13.3. The molecule has 4 heteroatoms. The molecule has 0 saturated carbocycles. The second kappa shape index (κ2) is 6.61. The molecule has 1 aromatic carbocycles. The van der Waals surface area contributed by atoms with Crippen LogP contribution < -0.4 is 9.47 Å². The number of ether oxygens (including phenoxy) is 2. The number of hydrogen-bond acceptors (Lipinski definition) is 4. The fourth-order valence-corrected chi connectivity index (χ4v) is 2.09. The molecule has 2 rings (SSSR count). The van der Waals surface area contributed by atoms with Gasteiger partial charge in [-0.15, -0.1) is 0 Å². The average molecular weight is 251 g/mol. The Labute approximate surface area is 108 Å². The lowest BCUT2D eigenvalue weighted by molar-refractivity contribution is 0.174. The summed E-state index contributed by atoms with van der Waals surface area (Å²) >= 11 is 0. The van der Waals surface area contributed by atoms with Crippen molar-refractivity contribution in [3.8, 4) is 11.5 Å². The first-order valence-corrected chi connectivity index (χ1v) is 6.55. The summed E-state index contributed by atoms with van der Waals surface area (Å²) in [5.74, 6) is 1.68. The van der Waals surface area contributed by atoms with Gasteiger partial charge in [-0.2, -0.15) is 0 Å². The van der Waals surface area contributed by atoms with Crippen LogP contribution in [0.4, 0.5) is 0 Å². The molecule has 0 radical (unpaired) electrons. The van der Waals surface area contributed by atoms with Gasteiger partial charge in [-0.25, -0.2) is 0 Å². The molecule has 1 N–H and O–H groups in total. The number of fused-ring (bicyclic) bond motifs is 1. The first-order valence-electron chi connectivity index (χ1n) is 6.55. The molecule has 1 aliphatic heterocycles. The molecule has 0 fully saturated rings. The molecular formula is C14H21NO3. The Kier molecular flexibility index (Phi) is 4.84. The number of benzene rings is 1. The standard InChI is InChI=1S/C14H21NO3/c1-2-15(7-3-4-8-16)10-12-5-6-13-14(9-12)18-11-17-13/h5-6,9,16H,2-4,7-8,10-11H2,1H3. The molecule has 1 aliphatic rings. The van der Waals surface area contributed by atoms with Gasteiger partial charge in [0.2, 0.25) is 6.79 Å². The van der Waals surface area contributed by atoms with Crippen molar-refractivity contribution >= 4 is 0 Å². The number of nitrogens with zero attached hydrogens (tertiary/aromatic N) is 1. The van der Waals surface area contributed by atoms with Crippen LogP contribution >= 0.6 is 0 Å². The molecule has 0 bridgehead atoms.